The van der Waals surface area contributed by atoms with Gasteiger partial charge in [-0.3, -0.25) is 4.57 Å². The third-order valence-electron chi connectivity index (χ3n) is 7.88. The number of para-hydroxylation sites is 3. The van der Waals surface area contributed by atoms with Crippen molar-refractivity contribution in [1.29, 1.82) is 0 Å². The van der Waals surface area contributed by atoms with E-state index in [0.29, 0.717) is 28.1 Å². The minimum atomic E-state index is -0.745. The number of hydrogen-bond acceptors (Lipinski definition) is 1. The molecule has 210 valence electrons. The topological polar surface area (TPSA) is 17.8 Å². The Hall–Kier alpha value is -5.99. The third-order valence-corrected chi connectivity index (χ3v) is 7.88. The lowest BCUT2D eigenvalue weighted by atomic mass is 9.85. The predicted molar refractivity (Wildman–Crippen MR) is 190 cm³/mol. The van der Waals surface area contributed by atoms with Gasteiger partial charge in [-0.25, -0.2) is 4.98 Å². The lowest BCUT2D eigenvalue weighted by Crippen LogP contribution is -2.01. The summed E-state index contributed by atoms with van der Waals surface area (Å²) in [5.74, 6) is 0.514. The lowest BCUT2D eigenvalue weighted by molar-refractivity contribution is 1.10. The molecule has 0 aliphatic heterocycles. The maximum Gasteiger partial charge on any atom is 0.145 e. The molecule has 0 amide bonds. The van der Waals surface area contributed by atoms with Gasteiger partial charge in [0, 0.05) is 11.1 Å². The van der Waals surface area contributed by atoms with Gasteiger partial charge in [0.05, 0.1) is 37.3 Å². The molecule has 0 atom stereocenters. The van der Waals surface area contributed by atoms with Crippen molar-refractivity contribution in [3.63, 3.8) is 0 Å². The summed E-state index contributed by atoms with van der Waals surface area (Å²) < 4.78 is 137. The molecule has 0 unspecified atom stereocenters. The van der Waals surface area contributed by atoms with Crippen LogP contribution in [0.1, 0.15) is 20.6 Å². The standard InChI is InChI=1S/C43H28N2/c1-2-15-30(16-3-1)43-44-38-23-11-13-25-40(38)45(43)39-24-12-10-22-37(39)42-35-20-8-6-18-33(35)41(34-19-7-9-21-36(34)42)32-27-26-29-14-4-5-17-31(29)28-32/h1-28H/i4D,5D,6D,7D,8D,9D,14D,17D,18D,19D,20D,21D,26D,27D,28D. The fraction of sp³-hybridized carbons (Fsp3) is 0. The van der Waals surface area contributed by atoms with Crippen LogP contribution in [0.3, 0.4) is 0 Å². The molecule has 1 aromatic heterocycles. The molecule has 45 heavy (non-hydrogen) atoms. The first kappa shape index (κ1) is 14.7. The SMILES string of the molecule is [2H]c1c([2H])c([2H])c2c([2H])c(-c3c4c([2H])c([2H])c([2H])c([2H])c4c(-c4ccccc4-n4c(-c5ccccc5)nc5ccccc54)c4c([2H])c([2H])c([2H])c([2H])c34)c([2H])c([2H])c2c1[2H]. The monoisotopic (exact) mass is 587 g/mol. The van der Waals surface area contributed by atoms with E-state index in [4.69, 9.17) is 17.3 Å². The van der Waals surface area contributed by atoms with Crippen molar-refractivity contribution in [3.8, 4) is 39.3 Å². The second-order valence-electron chi connectivity index (χ2n) is 10.4. The lowest BCUT2D eigenvalue weighted by Gasteiger charge is -2.21. The molecule has 0 aliphatic carbocycles. The van der Waals surface area contributed by atoms with Crippen LogP contribution in [0.5, 0.6) is 0 Å². The van der Waals surface area contributed by atoms with Crippen LogP contribution in [0, 0.1) is 0 Å². The Balaban J connectivity index is 1.58. The van der Waals surface area contributed by atoms with E-state index in [0.717, 1.165) is 5.56 Å². The summed E-state index contributed by atoms with van der Waals surface area (Å²) in [6.07, 6.45) is 0. The van der Waals surface area contributed by atoms with Gasteiger partial charge in [0.1, 0.15) is 5.82 Å². The summed E-state index contributed by atoms with van der Waals surface area (Å²) in [5.41, 5.74) is 1.89. The van der Waals surface area contributed by atoms with Crippen LogP contribution in [0.2, 0.25) is 0 Å². The number of aromatic nitrogens is 2. The Morgan fingerprint density at radius 1 is 0.489 bits per heavy atom. The molecule has 0 saturated carbocycles. The minimum absolute atomic E-state index is 0.00186. The normalized spacial score (nSPS) is 16.2. The van der Waals surface area contributed by atoms with Crippen LogP contribution in [-0.2, 0) is 0 Å². The van der Waals surface area contributed by atoms with Crippen molar-refractivity contribution in [2.45, 2.75) is 0 Å². The number of rotatable bonds is 4. The Labute approximate surface area is 282 Å². The molecule has 2 heteroatoms. The van der Waals surface area contributed by atoms with Gasteiger partial charge < -0.3 is 0 Å². The van der Waals surface area contributed by atoms with Gasteiger partial charge in [-0.2, -0.15) is 0 Å². The van der Waals surface area contributed by atoms with Gasteiger partial charge in [0.2, 0.25) is 0 Å². The quantitative estimate of drug-likeness (QED) is 0.187. The molecule has 0 spiro atoms. The maximum atomic E-state index is 9.49. The van der Waals surface area contributed by atoms with Crippen LogP contribution in [0.15, 0.2) is 169 Å². The highest BCUT2D eigenvalue weighted by molar-refractivity contribution is 6.22. The number of fused-ring (bicyclic) bond motifs is 4. The first-order valence-corrected chi connectivity index (χ1v) is 14.2. The van der Waals surface area contributed by atoms with Gasteiger partial charge in [-0.05, 0) is 73.2 Å². The fourth-order valence-electron chi connectivity index (χ4n) is 5.98. The van der Waals surface area contributed by atoms with Gasteiger partial charge in [0.15, 0.2) is 0 Å². The molecule has 0 aliphatic rings. The summed E-state index contributed by atoms with van der Waals surface area (Å²) in [6, 6.07) is 13.5. The smallest absolute Gasteiger partial charge is 0.145 e. The van der Waals surface area contributed by atoms with Crippen LogP contribution in [-0.4, -0.2) is 9.55 Å². The third kappa shape index (κ3) is 4.07. The van der Waals surface area contributed by atoms with Crippen LogP contribution in [0.25, 0.3) is 82.7 Å². The number of imidazole rings is 1. The zero-order chi connectivity index (χ0) is 42.8. The van der Waals surface area contributed by atoms with Crippen molar-refractivity contribution < 1.29 is 20.6 Å². The second-order valence-corrected chi connectivity index (χ2v) is 10.4. The number of hydrogen-bond donors (Lipinski definition) is 0. The molecule has 8 aromatic carbocycles. The van der Waals surface area contributed by atoms with Gasteiger partial charge in [-0.15, -0.1) is 0 Å². The van der Waals surface area contributed by atoms with Crippen LogP contribution in [0.4, 0.5) is 0 Å². The minimum Gasteiger partial charge on any atom is -0.292 e. The van der Waals surface area contributed by atoms with Gasteiger partial charge >= 0.3 is 0 Å². The van der Waals surface area contributed by atoms with Gasteiger partial charge in [0.25, 0.3) is 0 Å². The zero-order valence-electron chi connectivity index (χ0n) is 38.4. The number of nitrogens with zero attached hydrogens (tertiary/aromatic N) is 2. The van der Waals surface area contributed by atoms with Crippen molar-refractivity contribution in [2.75, 3.05) is 0 Å². The first-order valence-electron chi connectivity index (χ1n) is 21.7. The maximum absolute atomic E-state index is 9.49. The molecule has 9 aromatic rings. The van der Waals surface area contributed by atoms with E-state index in [9.17, 15) is 8.22 Å². The Kier molecular flexibility index (Phi) is 3.36. The van der Waals surface area contributed by atoms with E-state index in [-0.39, 0.29) is 32.7 Å². The van der Waals surface area contributed by atoms with E-state index in [1.807, 2.05) is 59.2 Å². The molecule has 0 fully saturated rings. The van der Waals surface area contributed by atoms with Crippen molar-refractivity contribution in [3.05, 3.63) is 169 Å². The van der Waals surface area contributed by atoms with E-state index in [1.165, 1.54) is 0 Å². The molecular formula is C43H28N2. The van der Waals surface area contributed by atoms with E-state index >= 15 is 0 Å². The Morgan fingerprint density at radius 2 is 1.09 bits per heavy atom. The van der Waals surface area contributed by atoms with Gasteiger partial charge in [-0.1, -0.05) is 145 Å². The first-order chi connectivity index (χ1) is 28.6. The molecule has 2 nitrogen and oxygen atoms in total. The molecule has 9 rings (SSSR count). The van der Waals surface area contributed by atoms with Crippen LogP contribution < -0.4 is 0 Å². The summed E-state index contributed by atoms with van der Waals surface area (Å²) in [6.45, 7) is 0. The van der Waals surface area contributed by atoms with Crippen molar-refractivity contribution in [1.82, 2.24) is 9.55 Å². The average Bonchev–Trinajstić information content (AvgIpc) is 3.65. The Morgan fingerprint density at radius 3 is 1.84 bits per heavy atom. The van der Waals surface area contributed by atoms with E-state index in [2.05, 4.69) is 0 Å². The fourth-order valence-corrected chi connectivity index (χ4v) is 5.98. The van der Waals surface area contributed by atoms with Crippen LogP contribution >= 0.6 is 0 Å². The molecule has 0 radical (unpaired) electrons. The Bertz CT molecular complexity index is 3300. The van der Waals surface area contributed by atoms with Crippen molar-refractivity contribution in [2.24, 2.45) is 0 Å². The molecular weight excluding hydrogens is 544 g/mol. The largest absolute Gasteiger partial charge is 0.292 e. The van der Waals surface area contributed by atoms with E-state index in [1.54, 1.807) is 24.3 Å². The van der Waals surface area contributed by atoms with Crippen molar-refractivity contribution >= 4 is 43.4 Å². The molecule has 0 N–H and O–H groups in total. The zero-order valence-corrected chi connectivity index (χ0v) is 23.4. The average molecular weight is 588 g/mol. The molecule has 1 heterocycles. The highest BCUT2D eigenvalue weighted by Gasteiger charge is 2.21. The summed E-state index contributed by atoms with van der Waals surface area (Å²) in [4.78, 5) is 4.97. The summed E-state index contributed by atoms with van der Waals surface area (Å²) in [5, 5.41) is -1.88. The predicted octanol–water partition coefficient (Wildman–Crippen LogP) is 11.5. The molecule has 0 saturated heterocycles. The summed E-state index contributed by atoms with van der Waals surface area (Å²) >= 11 is 0. The van der Waals surface area contributed by atoms with E-state index < -0.39 is 107 Å². The highest BCUT2D eigenvalue weighted by Crippen LogP contribution is 2.46. The summed E-state index contributed by atoms with van der Waals surface area (Å²) in [7, 11) is 0. The highest BCUT2D eigenvalue weighted by atomic mass is 15.1. The second kappa shape index (κ2) is 10.3. The molecule has 0 bridgehead atoms. The number of benzene rings is 8.